The minimum atomic E-state index is -0.645. The van der Waals surface area contributed by atoms with Gasteiger partial charge in [0.25, 0.3) is 0 Å². The van der Waals surface area contributed by atoms with Gasteiger partial charge in [-0.15, -0.1) is 0 Å². The van der Waals surface area contributed by atoms with E-state index in [1.807, 2.05) is 6.92 Å². The van der Waals surface area contributed by atoms with Crippen molar-refractivity contribution in [2.24, 2.45) is 16.8 Å². The third-order valence-corrected chi connectivity index (χ3v) is 4.81. The number of ether oxygens (including phenoxy) is 1. The van der Waals surface area contributed by atoms with Crippen LogP contribution in [-0.2, 0) is 9.53 Å². The van der Waals surface area contributed by atoms with Crippen LogP contribution in [0.15, 0.2) is 4.99 Å². The highest BCUT2D eigenvalue weighted by atomic mass is 16.5. The molecular formula is C16H29N3O3. The van der Waals surface area contributed by atoms with Crippen molar-refractivity contribution in [1.29, 1.82) is 0 Å². The molecule has 0 aromatic carbocycles. The predicted octanol–water partition coefficient (Wildman–Crippen LogP) is 0.998. The number of methoxy groups -OCH3 is 1. The van der Waals surface area contributed by atoms with Crippen LogP contribution in [0.3, 0.4) is 0 Å². The van der Waals surface area contributed by atoms with E-state index in [0.717, 1.165) is 44.7 Å². The number of hydrogen-bond donors (Lipinski definition) is 2. The van der Waals surface area contributed by atoms with Crippen LogP contribution in [0.4, 0.5) is 0 Å². The number of rotatable bonds is 4. The van der Waals surface area contributed by atoms with Crippen LogP contribution in [0.1, 0.15) is 39.5 Å². The molecule has 0 bridgehead atoms. The van der Waals surface area contributed by atoms with Gasteiger partial charge in [0.15, 0.2) is 5.96 Å². The number of aliphatic hydroxyl groups is 1. The smallest absolute Gasteiger partial charge is 0.310 e. The molecule has 0 amide bonds. The number of aliphatic imine (C=N–C) groups is 1. The predicted molar refractivity (Wildman–Crippen MR) is 85.6 cm³/mol. The van der Waals surface area contributed by atoms with E-state index in [1.54, 1.807) is 0 Å². The van der Waals surface area contributed by atoms with Crippen LogP contribution in [0.5, 0.6) is 0 Å². The lowest BCUT2D eigenvalue weighted by atomic mass is 9.99. The van der Waals surface area contributed by atoms with Gasteiger partial charge < -0.3 is 20.1 Å². The highest BCUT2D eigenvalue weighted by Gasteiger charge is 2.37. The monoisotopic (exact) mass is 311 g/mol. The quantitative estimate of drug-likeness (QED) is 0.460. The summed E-state index contributed by atoms with van der Waals surface area (Å²) in [6.45, 7) is 6.70. The Hall–Kier alpha value is -1.30. The van der Waals surface area contributed by atoms with Crippen molar-refractivity contribution in [3.63, 3.8) is 0 Å². The van der Waals surface area contributed by atoms with Crippen molar-refractivity contribution in [2.75, 3.05) is 33.3 Å². The van der Waals surface area contributed by atoms with Crippen LogP contribution in [-0.4, -0.2) is 60.8 Å². The second-order valence-electron chi connectivity index (χ2n) is 6.61. The molecule has 0 spiro atoms. The van der Waals surface area contributed by atoms with E-state index >= 15 is 0 Å². The van der Waals surface area contributed by atoms with E-state index in [2.05, 4.69) is 22.1 Å². The van der Waals surface area contributed by atoms with Crippen molar-refractivity contribution in [3.05, 3.63) is 0 Å². The molecule has 1 heterocycles. The highest BCUT2D eigenvalue weighted by Crippen LogP contribution is 2.30. The van der Waals surface area contributed by atoms with E-state index < -0.39 is 5.60 Å². The Morgan fingerprint density at radius 1 is 1.41 bits per heavy atom. The molecule has 2 fully saturated rings. The molecule has 126 valence electrons. The maximum absolute atomic E-state index is 11.8. The van der Waals surface area contributed by atoms with Crippen molar-refractivity contribution in [1.82, 2.24) is 10.2 Å². The third-order valence-electron chi connectivity index (χ3n) is 4.81. The van der Waals surface area contributed by atoms with Gasteiger partial charge in [-0.2, -0.15) is 0 Å². The van der Waals surface area contributed by atoms with Gasteiger partial charge in [0.1, 0.15) is 0 Å². The van der Waals surface area contributed by atoms with E-state index in [4.69, 9.17) is 4.74 Å². The van der Waals surface area contributed by atoms with Crippen LogP contribution in [0, 0.1) is 11.8 Å². The largest absolute Gasteiger partial charge is 0.469 e. The fraction of sp³-hybridized carbons (Fsp3) is 0.875. The molecule has 2 rings (SSSR count). The lowest BCUT2D eigenvalue weighted by Gasteiger charge is -2.24. The first-order valence-electron chi connectivity index (χ1n) is 8.32. The molecule has 6 nitrogen and oxygen atoms in total. The fourth-order valence-corrected chi connectivity index (χ4v) is 3.44. The molecular weight excluding hydrogens is 282 g/mol. The SMILES string of the molecule is CCNC(=NCC1(O)CCCC1)N1CC(C)C(C(=O)OC)C1. The number of likely N-dealkylation sites (tertiary alicyclic amines) is 1. The first-order valence-corrected chi connectivity index (χ1v) is 8.32. The Labute approximate surface area is 132 Å². The summed E-state index contributed by atoms with van der Waals surface area (Å²) >= 11 is 0. The summed E-state index contributed by atoms with van der Waals surface area (Å²) in [7, 11) is 1.44. The summed E-state index contributed by atoms with van der Waals surface area (Å²) in [5, 5.41) is 13.7. The standard InChI is InChI=1S/C16H29N3O3/c1-4-17-15(18-11-16(21)7-5-6-8-16)19-9-12(2)13(10-19)14(20)22-3/h12-13,21H,4-11H2,1-3H3,(H,17,18). The molecule has 2 unspecified atom stereocenters. The molecule has 0 aromatic heterocycles. The Kier molecular flexibility index (Phi) is 5.67. The molecule has 6 heteroatoms. The summed E-state index contributed by atoms with van der Waals surface area (Å²) < 4.78 is 4.88. The zero-order chi connectivity index (χ0) is 16.2. The molecule has 2 atom stereocenters. The average Bonchev–Trinajstić information content (AvgIpc) is 3.09. The third kappa shape index (κ3) is 3.91. The van der Waals surface area contributed by atoms with Crippen molar-refractivity contribution in [3.8, 4) is 0 Å². The molecule has 0 aromatic rings. The van der Waals surface area contributed by atoms with E-state index in [1.165, 1.54) is 7.11 Å². The zero-order valence-corrected chi connectivity index (χ0v) is 14.0. The number of nitrogens with one attached hydrogen (secondary N) is 1. The summed E-state index contributed by atoms with van der Waals surface area (Å²) in [5.41, 5.74) is -0.645. The van der Waals surface area contributed by atoms with Gasteiger partial charge in [-0.05, 0) is 25.7 Å². The van der Waals surface area contributed by atoms with Gasteiger partial charge in [-0.25, -0.2) is 0 Å². The lowest BCUT2D eigenvalue weighted by Crippen LogP contribution is -2.42. The van der Waals surface area contributed by atoms with Gasteiger partial charge in [0.05, 0.1) is 25.2 Å². The summed E-state index contributed by atoms with van der Waals surface area (Å²) in [6.07, 6.45) is 3.82. The maximum atomic E-state index is 11.8. The van der Waals surface area contributed by atoms with Crippen molar-refractivity contribution < 1.29 is 14.6 Å². The number of esters is 1. The molecule has 1 aliphatic heterocycles. The average molecular weight is 311 g/mol. The van der Waals surface area contributed by atoms with E-state index in [0.29, 0.717) is 13.1 Å². The van der Waals surface area contributed by atoms with Gasteiger partial charge in [0.2, 0.25) is 0 Å². The highest BCUT2D eigenvalue weighted by molar-refractivity contribution is 5.82. The number of guanidine groups is 1. The topological polar surface area (TPSA) is 74.2 Å². The van der Waals surface area contributed by atoms with Crippen molar-refractivity contribution in [2.45, 2.75) is 45.1 Å². The Morgan fingerprint density at radius 2 is 2.09 bits per heavy atom. The molecule has 2 aliphatic rings. The zero-order valence-electron chi connectivity index (χ0n) is 14.0. The number of hydrogen-bond acceptors (Lipinski definition) is 4. The van der Waals surface area contributed by atoms with Gasteiger partial charge in [-0.3, -0.25) is 9.79 Å². The molecule has 0 radical (unpaired) electrons. The van der Waals surface area contributed by atoms with Crippen LogP contribution >= 0.6 is 0 Å². The normalized spacial score (nSPS) is 28.0. The summed E-state index contributed by atoms with van der Waals surface area (Å²) in [4.78, 5) is 18.6. The second kappa shape index (κ2) is 7.31. The second-order valence-corrected chi connectivity index (χ2v) is 6.61. The van der Waals surface area contributed by atoms with Gasteiger partial charge >= 0.3 is 5.97 Å². The summed E-state index contributed by atoms with van der Waals surface area (Å²) in [5.74, 6) is 0.774. The number of carbonyl (C=O) groups is 1. The lowest BCUT2D eigenvalue weighted by molar-refractivity contribution is -0.145. The molecule has 1 aliphatic carbocycles. The van der Waals surface area contributed by atoms with Crippen LogP contribution in [0.25, 0.3) is 0 Å². The van der Waals surface area contributed by atoms with Crippen LogP contribution < -0.4 is 5.32 Å². The van der Waals surface area contributed by atoms with Crippen LogP contribution in [0.2, 0.25) is 0 Å². The summed E-state index contributed by atoms with van der Waals surface area (Å²) in [6, 6.07) is 0. The number of carbonyl (C=O) groups excluding carboxylic acids is 1. The molecule has 1 saturated heterocycles. The molecule has 22 heavy (non-hydrogen) atoms. The first-order chi connectivity index (χ1) is 10.5. The minimum absolute atomic E-state index is 0.108. The van der Waals surface area contributed by atoms with E-state index in [9.17, 15) is 9.90 Å². The first kappa shape index (κ1) is 17.1. The Balaban J connectivity index is 2.03. The molecule has 1 saturated carbocycles. The molecule has 2 N–H and O–H groups in total. The Bertz CT molecular complexity index is 419. The fourth-order valence-electron chi connectivity index (χ4n) is 3.44. The van der Waals surface area contributed by atoms with Gasteiger partial charge in [-0.1, -0.05) is 19.8 Å². The Morgan fingerprint density at radius 3 is 2.68 bits per heavy atom. The van der Waals surface area contributed by atoms with Gasteiger partial charge in [0, 0.05) is 19.6 Å². The van der Waals surface area contributed by atoms with Crippen molar-refractivity contribution >= 4 is 11.9 Å². The van der Waals surface area contributed by atoms with E-state index in [-0.39, 0.29) is 17.8 Å². The maximum Gasteiger partial charge on any atom is 0.310 e. The minimum Gasteiger partial charge on any atom is -0.469 e. The number of nitrogens with zero attached hydrogens (tertiary/aromatic N) is 2.